The number of nitrogens with zero attached hydrogens (tertiary/aromatic N) is 1. The van der Waals surface area contributed by atoms with E-state index in [0.717, 1.165) is 10.2 Å². The third-order valence-electron chi connectivity index (χ3n) is 3.80. The summed E-state index contributed by atoms with van der Waals surface area (Å²) >= 11 is 3.37. The largest absolute Gasteiger partial charge is 0.481 e. The highest BCUT2D eigenvalue weighted by Crippen LogP contribution is 2.27. The number of rotatable bonds is 6. The lowest BCUT2D eigenvalue weighted by molar-refractivity contribution is -0.137. The third-order valence-corrected chi connectivity index (χ3v) is 4.29. The van der Waals surface area contributed by atoms with E-state index in [0.29, 0.717) is 13.0 Å². The van der Waals surface area contributed by atoms with Crippen molar-refractivity contribution in [1.82, 2.24) is 5.32 Å². The van der Waals surface area contributed by atoms with E-state index >= 15 is 0 Å². The normalized spacial score (nSPS) is 18.8. The maximum atomic E-state index is 12.2. The standard InChI is InChI=1S/C16H19BrN2O4/c1-10(5-6-15(21)22)18-16(23)11-7-14(20)19(9-11)13-4-2-3-12(17)8-13/h2-4,8,10-11H,5-7,9H2,1H3,(H,18,23)(H,21,22). The molecule has 2 atom stereocenters. The minimum absolute atomic E-state index is 0.00914. The van der Waals surface area contributed by atoms with Crippen LogP contribution in [-0.4, -0.2) is 35.5 Å². The molecule has 0 spiro atoms. The van der Waals surface area contributed by atoms with E-state index in [1.807, 2.05) is 24.3 Å². The van der Waals surface area contributed by atoms with Gasteiger partial charge in [-0.25, -0.2) is 0 Å². The van der Waals surface area contributed by atoms with Crippen molar-refractivity contribution in [3.63, 3.8) is 0 Å². The topological polar surface area (TPSA) is 86.7 Å². The Balaban J connectivity index is 1.94. The molecule has 0 aromatic heterocycles. The molecule has 6 nitrogen and oxygen atoms in total. The molecule has 1 saturated heterocycles. The number of hydrogen-bond donors (Lipinski definition) is 2. The van der Waals surface area contributed by atoms with Crippen LogP contribution in [0, 0.1) is 5.92 Å². The summed E-state index contributed by atoms with van der Waals surface area (Å²) in [6.07, 6.45) is 0.552. The molecule has 2 amide bonds. The summed E-state index contributed by atoms with van der Waals surface area (Å²) in [6, 6.07) is 7.16. The average molecular weight is 383 g/mol. The van der Waals surface area contributed by atoms with Crippen LogP contribution in [0.3, 0.4) is 0 Å². The molecule has 1 aromatic rings. The number of amides is 2. The molecule has 1 fully saturated rings. The van der Waals surface area contributed by atoms with Crippen LogP contribution >= 0.6 is 15.9 Å². The fourth-order valence-corrected chi connectivity index (χ4v) is 2.94. The molecule has 1 aliphatic rings. The van der Waals surface area contributed by atoms with Crippen molar-refractivity contribution in [3.05, 3.63) is 28.7 Å². The van der Waals surface area contributed by atoms with Crippen molar-refractivity contribution in [1.29, 1.82) is 0 Å². The molecule has 0 radical (unpaired) electrons. The lowest BCUT2D eigenvalue weighted by atomic mass is 10.1. The maximum Gasteiger partial charge on any atom is 0.303 e. The average Bonchev–Trinajstić information content (AvgIpc) is 2.87. The number of aliphatic carboxylic acids is 1. The van der Waals surface area contributed by atoms with Crippen LogP contribution in [0.5, 0.6) is 0 Å². The highest BCUT2D eigenvalue weighted by molar-refractivity contribution is 9.10. The van der Waals surface area contributed by atoms with Crippen LogP contribution in [0.2, 0.25) is 0 Å². The number of carboxylic acids is 1. The van der Waals surface area contributed by atoms with Gasteiger partial charge < -0.3 is 15.3 Å². The van der Waals surface area contributed by atoms with Gasteiger partial charge in [0.15, 0.2) is 0 Å². The molecule has 2 N–H and O–H groups in total. The number of carbonyl (C=O) groups excluding carboxylic acids is 2. The van der Waals surface area contributed by atoms with Crippen molar-refractivity contribution in [2.24, 2.45) is 5.92 Å². The molecule has 1 aromatic carbocycles. The second kappa shape index (κ2) is 7.59. The Kier molecular flexibility index (Phi) is 5.76. The lowest BCUT2D eigenvalue weighted by Crippen LogP contribution is -2.38. The summed E-state index contributed by atoms with van der Waals surface area (Å²) < 4.78 is 0.873. The van der Waals surface area contributed by atoms with E-state index in [1.165, 1.54) is 0 Å². The van der Waals surface area contributed by atoms with Gasteiger partial charge in [-0.2, -0.15) is 0 Å². The van der Waals surface area contributed by atoms with Crippen molar-refractivity contribution in [2.75, 3.05) is 11.4 Å². The highest BCUT2D eigenvalue weighted by atomic mass is 79.9. The quantitative estimate of drug-likeness (QED) is 0.789. The van der Waals surface area contributed by atoms with Gasteiger partial charge in [0, 0.05) is 35.6 Å². The van der Waals surface area contributed by atoms with Crippen molar-refractivity contribution in [2.45, 2.75) is 32.2 Å². The molecule has 0 bridgehead atoms. The predicted molar refractivity (Wildman–Crippen MR) is 89.1 cm³/mol. The smallest absolute Gasteiger partial charge is 0.303 e. The third kappa shape index (κ3) is 4.79. The lowest BCUT2D eigenvalue weighted by Gasteiger charge is -2.18. The SMILES string of the molecule is CC(CCC(=O)O)NC(=O)C1CC(=O)N(c2cccc(Br)c2)C1. The number of carbonyl (C=O) groups is 3. The zero-order valence-electron chi connectivity index (χ0n) is 12.8. The number of anilines is 1. The highest BCUT2D eigenvalue weighted by Gasteiger charge is 2.35. The minimum Gasteiger partial charge on any atom is -0.481 e. The summed E-state index contributed by atoms with van der Waals surface area (Å²) in [7, 11) is 0. The maximum absolute atomic E-state index is 12.2. The first-order valence-corrected chi connectivity index (χ1v) is 8.24. The first kappa shape index (κ1) is 17.5. The van der Waals surface area contributed by atoms with Crippen LogP contribution in [-0.2, 0) is 14.4 Å². The summed E-state index contributed by atoms with van der Waals surface area (Å²) in [5, 5.41) is 11.4. The molecule has 2 rings (SSSR count). The number of nitrogens with one attached hydrogen (secondary N) is 1. The summed E-state index contributed by atoms with van der Waals surface area (Å²) in [5.74, 6) is -1.58. The van der Waals surface area contributed by atoms with Gasteiger partial charge in [0.05, 0.1) is 5.92 Å². The molecular formula is C16H19BrN2O4. The Bertz CT molecular complexity index is 620. The number of benzene rings is 1. The van der Waals surface area contributed by atoms with Crippen LogP contribution in [0.15, 0.2) is 28.7 Å². The molecule has 7 heteroatoms. The van der Waals surface area contributed by atoms with Crippen LogP contribution < -0.4 is 10.2 Å². The van der Waals surface area contributed by atoms with Crippen molar-refractivity contribution >= 4 is 39.4 Å². The molecule has 124 valence electrons. The van der Waals surface area contributed by atoms with Gasteiger partial charge in [-0.3, -0.25) is 14.4 Å². The summed E-state index contributed by atoms with van der Waals surface area (Å²) in [5.41, 5.74) is 0.763. The number of carboxylic acid groups (broad SMARTS) is 1. The number of hydrogen-bond acceptors (Lipinski definition) is 3. The Morgan fingerprint density at radius 3 is 2.87 bits per heavy atom. The second-order valence-electron chi connectivity index (χ2n) is 5.73. The fraction of sp³-hybridized carbons (Fsp3) is 0.438. The van der Waals surface area contributed by atoms with Crippen LogP contribution in [0.25, 0.3) is 0 Å². The Hall–Kier alpha value is -1.89. The molecular weight excluding hydrogens is 364 g/mol. The van der Waals surface area contributed by atoms with Crippen molar-refractivity contribution in [3.8, 4) is 0 Å². The second-order valence-corrected chi connectivity index (χ2v) is 6.64. The van der Waals surface area contributed by atoms with Crippen molar-refractivity contribution < 1.29 is 19.5 Å². The first-order valence-electron chi connectivity index (χ1n) is 7.45. The Morgan fingerprint density at radius 1 is 1.48 bits per heavy atom. The molecule has 1 heterocycles. The van der Waals surface area contributed by atoms with Gasteiger partial charge in [0.25, 0.3) is 0 Å². The van der Waals surface area contributed by atoms with E-state index in [4.69, 9.17) is 5.11 Å². The van der Waals surface area contributed by atoms with Gasteiger partial charge in [0.2, 0.25) is 11.8 Å². The van der Waals surface area contributed by atoms with Gasteiger partial charge in [0.1, 0.15) is 0 Å². The predicted octanol–water partition coefficient (Wildman–Crippen LogP) is 2.17. The molecule has 0 aliphatic carbocycles. The van der Waals surface area contributed by atoms with Gasteiger partial charge in [-0.15, -0.1) is 0 Å². The Labute approximate surface area is 143 Å². The van der Waals surface area contributed by atoms with E-state index < -0.39 is 11.9 Å². The summed E-state index contributed by atoms with van der Waals surface area (Å²) in [4.78, 5) is 36.6. The zero-order valence-corrected chi connectivity index (χ0v) is 14.4. The fourth-order valence-electron chi connectivity index (χ4n) is 2.55. The van der Waals surface area contributed by atoms with Crippen LogP contribution in [0.1, 0.15) is 26.2 Å². The molecule has 0 saturated carbocycles. The molecule has 1 aliphatic heterocycles. The zero-order chi connectivity index (χ0) is 17.0. The summed E-state index contributed by atoms with van der Waals surface area (Å²) in [6.45, 7) is 2.11. The first-order chi connectivity index (χ1) is 10.9. The van der Waals surface area contributed by atoms with E-state index in [-0.39, 0.29) is 30.7 Å². The van der Waals surface area contributed by atoms with Crippen LogP contribution in [0.4, 0.5) is 5.69 Å². The number of halogens is 1. The van der Waals surface area contributed by atoms with E-state index in [1.54, 1.807) is 11.8 Å². The minimum atomic E-state index is -0.886. The monoisotopic (exact) mass is 382 g/mol. The van der Waals surface area contributed by atoms with Gasteiger partial charge in [-0.1, -0.05) is 22.0 Å². The Morgan fingerprint density at radius 2 is 2.22 bits per heavy atom. The van der Waals surface area contributed by atoms with E-state index in [9.17, 15) is 14.4 Å². The molecule has 23 heavy (non-hydrogen) atoms. The van der Waals surface area contributed by atoms with Gasteiger partial charge >= 0.3 is 5.97 Å². The van der Waals surface area contributed by atoms with E-state index in [2.05, 4.69) is 21.2 Å². The molecule has 2 unspecified atom stereocenters. The van der Waals surface area contributed by atoms with Gasteiger partial charge in [-0.05, 0) is 31.5 Å².